The zero-order chi connectivity index (χ0) is 20.4. The van der Waals surface area contributed by atoms with E-state index in [1.807, 2.05) is 11.8 Å². The van der Waals surface area contributed by atoms with Crippen LogP contribution in [0.25, 0.3) is 5.69 Å². The van der Waals surface area contributed by atoms with Crippen LogP contribution in [0.15, 0.2) is 29.2 Å². The number of rotatable bonds is 5. The maximum atomic E-state index is 14.0. The molecule has 0 spiro atoms. The number of morpholine rings is 1. The monoisotopic (exact) mass is 442 g/mol. The van der Waals surface area contributed by atoms with Crippen LogP contribution in [0.3, 0.4) is 0 Å². The van der Waals surface area contributed by atoms with Crippen molar-refractivity contribution in [3.05, 3.63) is 51.4 Å². The van der Waals surface area contributed by atoms with Crippen LogP contribution in [-0.2, 0) is 4.74 Å². The summed E-state index contributed by atoms with van der Waals surface area (Å²) in [7, 11) is 0. The number of hydrogen-bond acceptors (Lipinski definition) is 6. The van der Waals surface area contributed by atoms with Crippen molar-refractivity contribution < 1.29 is 13.5 Å². The van der Waals surface area contributed by atoms with E-state index in [2.05, 4.69) is 15.3 Å². The number of benzene rings is 1. The molecule has 2 aliphatic rings. The molecule has 0 amide bonds. The minimum atomic E-state index is -0.884. The Morgan fingerprint density at radius 2 is 2.10 bits per heavy atom. The largest absolute Gasteiger partial charge is 0.380 e. The zero-order valence-corrected chi connectivity index (χ0v) is 17.2. The van der Waals surface area contributed by atoms with Gasteiger partial charge in [0.15, 0.2) is 5.82 Å². The smallest absolute Gasteiger partial charge is 0.292 e. The van der Waals surface area contributed by atoms with E-state index in [4.69, 9.17) is 16.3 Å². The van der Waals surface area contributed by atoms with Crippen LogP contribution in [0.4, 0.5) is 14.5 Å². The maximum absolute atomic E-state index is 14.0. The van der Waals surface area contributed by atoms with Crippen LogP contribution in [0.1, 0.15) is 6.42 Å². The van der Waals surface area contributed by atoms with Gasteiger partial charge in [-0.15, -0.1) is 0 Å². The molecule has 6 nitrogen and oxygen atoms in total. The molecule has 0 aliphatic carbocycles. The van der Waals surface area contributed by atoms with Crippen molar-refractivity contribution in [2.45, 2.75) is 12.0 Å². The average Bonchev–Trinajstić information content (AvgIpc) is 3.21. The van der Waals surface area contributed by atoms with Crippen molar-refractivity contribution in [2.75, 3.05) is 49.7 Å². The summed E-state index contributed by atoms with van der Waals surface area (Å²) in [6.07, 6.45) is 2.44. The van der Waals surface area contributed by atoms with Crippen LogP contribution >= 0.6 is 23.4 Å². The molecular formula is C19H21ClF2N4O2S. The van der Waals surface area contributed by atoms with E-state index in [0.717, 1.165) is 47.8 Å². The van der Waals surface area contributed by atoms with Crippen molar-refractivity contribution >= 4 is 29.1 Å². The highest BCUT2D eigenvalue weighted by atomic mass is 35.5. The van der Waals surface area contributed by atoms with Gasteiger partial charge in [0.1, 0.15) is 16.5 Å². The molecule has 4 rings (SSSR count). The maximum Gasteiger partial charge on any atom is 0.292 e. The summed E-state index contributed by atoms with van der Waals surface area (Å²) in [5.41, 5.74) is -0.444. The molecule has 2 fully saturated rings. The second-order valence-corrected chi connectivity index (χ2v) is 8.65. The predicted molar refractivity (Wildman–Crippen MR) is 110 cm³/mol. The first-order valence-corrected chi connectivity index (χ1v) is 10.9. The van der Waals surface area contributed by atoms with Crippen LogP contribution in [0, 0.1) is 11.6 Å². The minimum absolute atomic E-state index is 0.0320. The quantitative estimate of drug-likeness (QED) is 0.768. The lowest BCUT2D eigenvalue weighted by atomic mass is 9.95. The second kappa shape index (κ2) is 8.59. The second-order valence-electron chi connectivity index (χ2n) is 7.16. The van der Waals surface area contributed by atoms with Crippen LogP contribution < -0.4 is 10.9 Å². The van der Waals surface area contributed by atoms with Gasteiger partial charge in [-0.25, -0.2) is 8.78 Å². The van der Waals surface area contributed by atoms with Gasteiger partial charge >= 0.3 is 0 Å². The summed E-state index contributed by atoms with van der Waals surface area (Å²) in [6.45, 7) is 3.80. The summed E-state index contributed by atoms with van der Waals surface area (Å²) >= 11 is 8.19. The molecule has 29 heavy (non-hydrogen) atoms. The fourth-order valence-electron chi connectivity index (χ4n) is 3.78. The number of anilines is 1. The first kappa shape index (κ1) is 20.6. The lowest BCUT2D eigenvalue weighted by Crippen LogP contribution is -2.57. The fraction of sp³-hybridized carbons (Fsp3) is 0.474. The molecule has 1 aromatic carbocycles. The predicted octanol–water partition coefficient (Wildman–Crippen LogP) is 2.78. The molecule has 1 atom stereocenters. The summed E-state index contributed by atoms with van der Waals surface area (Å²) in [4.78, 5) is 15.1. The third-order valence-electron chi connectivity index (χ3n) is 5.43. The first-order valence-electron chi connectivity index (χ1n) is 9.38. The molecule has 2 aliphatic heterocycles. The lowest BCUT2D eigenvalue weighted by Gasteiger charge is -2.43. The number of nitrogens with zero attached hydrogens (tertiary/aromatic N) is 3. The van der Waals surface area contributed by atoms with Gasteiger partial charge in [-0.1, -0.05) is 11.6 Å². The molecule has 1 aromatic heterocycles. The number of halogens is 3. The Morgan fingerprint density at radius 3 is 2.79 bits per heavy atom. The Labute approximate surface area is 176 Å². The summed E-state index contributed by atoms with van der Waals surface area (Å²) in [5.74, 6) is 0.455. The molecule has 0 saturated carbocycles. The van der Waals surface area contributed by atoms with E-state index in [0.29, 0.717) is 31.5 Å². The third kappa shape index (κ3) is 4.14. The number of thioether (sulfide) groups is 1. The molecule has 0 radical (unpaired) electrons. The van der Waals surface area contributed by atoms with Gasteiger partial charge in [-0.05, 0) is 24.3 Å². The van der Waals surface area contributed by atoms with E-state index in [9.17, 15) is 13.6 Å². The van der Waals surface area contributed by atoms with Crippen molar-refractivity contribution in [3.8, 4) is 5.69 Å². The highest BCUT2D eigenvalue weighted by Gasteiger charge is 2.40. The summed E-state index contributed by atoms with van der Waals surface area (Å²) < 4.78 is 33.5. The van der Waals surface area contributed by atoms with Gasteiger partial charge in [-0.3, -0.25) is 9.69 Å². The number of nitrogens with one attached hydrogen (secondary N) is 1. The zero-order valence-electron chi connectivity index (χ0n) is 15.7. The van der Waals surface area contributed by atoms with Gasteiger partial charge in [0, 0.05) is 37.0 Å². The van der Waals surface area contributed by atoms with Crippen molar-refractivity contribution in [1.82, 2.24) is 14.7 Å². The minimum Gasteiger partial charge on any atom is -0.380 e. The molecule has 10 heteroatoms. The molecule has 1 N–H and O–H groups in total. The van der Waals surface area contributed by atoms with Gasteiger partial charge in [0.2, 0.25) is 0 Å². The molecular weight excluding hydrogens is 422 g/mol. The normalized spacial score (nSPS) is 22.7. The highest BCUT2D eigenvalue weighted by Crippen LogP contribution is 2.34. The first-order chi connectivity index (χ1) is 14.0. The summed E-state index contributed by atoms with van der Waals surface area (Å²) in [5, 5.41) is 7.24. The molecule has 2 saturated heterocycles. The molecule has 3 heterocycles. The van der Waals surface area contributed by atoms with Gasteiger partial charge in [-0.2, -0.15) is 21.5 Å². The molecule has 0 bridgehead atoms. The van der Waals surface area contributed by atoms with E-state index < -0.39 is 17.2 Å². The number of aromatic nitrogens is 2. The van der Waals surface area contributed by atoms with Crippen LogP contribution in [-0.4, -0.2) is 64.6 Å². The molecule has 2 aromatic rings. The van der Waals surface area contributed by atoms with Gasteiger partial charge in [0.25, 0.3) is 5.56 Å². The Kier molecular flexibility index (Phi) is 6.10. The van der Waals surface area contributed by atoms with Crippen molar-refractivity contribution in [2.24, 2.45) is 0 Å². The van der Waals surface area contributed by atoms with Crippen LogP contribution in [0.5, 0.6) is 0 Å². The highest BCUT2D eigenvalue weighted by molar-refractivity contribution is 7.99. The van der Waals surface area contributed by atoms with Crippen LogP contribution in [0.2, 0.25) is 5.02 Å². The number of ether oxygens (including phenoxy) is 1. The van der Waals surface area contributed by atoms with Gasteiger partial charge < -0.3 is 10.1 Å². The Balaban J connectivity index is 1.56. The van der Waals surface area contributed by atoms with E-state index >= 15 is 0 Å². The van der Waals surface area contributed by atoms with Gasteiger partial charge in [0.05, 0.1) is 25.1 Å². The molecule has 1 unspecified atom stereocenters. The van der Waals surface area contributed by atoms with Crippen molar-refractivity contribution in [3.63, 3.8) is 0 Å². The Morgan fingerprint density at radius 1 is 1.31 bits per heavy atom. The van der Waals surface area contributed by atoms with E-state index in [1.54, 1.807) is 0 Å². The molecule has 156 valence electrons. The summed E-state index contributed by atoms with van der Waals surface area (Å²) in [6, 6.07) is 2.93. The van der Waals surface area contributed by atoms with Crippen molar-refractivity contribution in [1.29, 1.82) is 0 Å². The third-order valence-corrected chi connectivity index (χ3v) is 7.03. The van der Waals surface area contributed by atoms with E-state index in [-0.39, 0.29) is 16.2 Å². The fourth-order valence-corrected chi connectivity index (χ4v) is 5.45. The average molecular weight is 443 g/mol. The van der Waals surface area contributed by atoms with E-state index in [1.165, 1.54) is 6.20 Å². The topological polar surface area (TPSA) is 59.4 Å². The number of hydrogen-bond donors (Lipinski definition) is 1. The standard InChI is InChI=1S/C19H21ClF2N4O2S/c20-17-15(10-24-26(18(17)27)16-2-1-13(21)9-14(16)22)23-11-19(3-8-29-12-19)25-4-6-28-7-5-25/h1-2,9-10,23H,3-8,11-12H2. The Bertz CT molecular complexity index is 946. The SMILES string of the molecule is O=c1c(Cl)c(NCC2(N3CCOCC3)CCSC2)cnn1-c1ccc(F)cc1F. The lowest BCUT2D eigenvalue weighted by molar-refractivity contribution is -0.00920. The Hall–Kier alpha value is -1.68.